The van der Waals surface area contributed by atoms with Gasteiger partial charge >= 0.3 is 6.09 Å². The first-order valence-corrected chi connectivity index (χ1v) is 12.2. The summed E-state index contributed by atoms with van der Waals surface area (Å²) in [7, 11) is 1.07. The largest absolute Gasteiger partial charge is 0.507 e. The average Bonchev–Trinajstić information content (AvgIpc) is 3.16. The lowest BCUT2D eigenvalue weighted by molar-refractivity contribution is -0.137. The molecule has 2 aromatic carbocycles. The van der Waals surface area contributed by atoms with Gasteiger partial charge in [-0.25, -0.2) is 4.79 Å². The third-order valence-electron chi connectivity index (χ3n) is 7.44. The van der Waals surface area contributed by atoms with Crippen molar-refractivity contribution in [2.75, 3.05) is 20.3 Å². The number of aliphatic hydroxyl groups excluding tert-OH is 3. The van der Waals surface area contributed by atoms with Crippen LogP contribution in [0.4, 0.5) is 4.79 Å². The Bertz CT molecular complexity index is 1300. The number of phenols is 1. The fraction of sp³-hybridized carbons (Fsp3) is 0.393. The molecule has 1 saturated heterocycles. The molecule has 0 saturated carbocycles. The van der Waals surface area contributed by atoms with E-state index < -0.39 is 55.0 Å². The Morgan fingerprint density at radius 2 is 1.84 bits per heavy atom. The van der Waals surface area contributed by atoms with Gasteiger partial charge in [0.2, 0.25) is 11.8 Å². The Hall–Kier alpha value is -3.53. The number of carbonyl (C=O) groups is 3. The first kappa shape index (κ1) is 26.5. The van der Waals surface area contributed by atoms with Gasteiger partial charge in [-0.3, -0.25) is 9.59 Å². The van der Waals surface area contributed by atoms with Crippen molar-refractivity contribution in [1.29, 1.82) is 0 Å². The van der Waals surface area contributed by atoms with Gasteiger partial charge in [0.05, 0.1) is 38.3 Å². The molecular formula is C28H31NO8. The van der Waals surface area contributed by atoms with Gasteiger partial charge in [0.1, 0.15) is 5.75 Å². The van der Waals surface area contributed by atoms with Crippen molar-refractivity contribution in [1.82, 2.24) is 4.90 Å². The molecule has 1 heterocycles. The number of aliphatic hydroxyl groups is 3. The highest BCUT2D eigenvalue weighted by molar-refractivity contribution is 6.16. The zero-order chi connectivity index (χ0) is 26.9. The van der Waals surface area contributed by atoms with Gasteiger partial charge in [-0.05, 0) is 54.3 Å². The lowest BCUT2D eigenvalue weighted by atomic mass is 9.68. The van der Waals surface area contributed by atoms with Crippen LogP contribution in [0.5, 0.6) is 5.75 Å². The van der Waals surface area contributed by atoms with Crippen molar-refractivity contribution < 1.29 is 39.5 Å². The van der Waals surface area contributed by atoms with Gasteiger partial charge in [-0.15, -0.1) is 0 Å². The van der Waals surface area contributed by atoms with E-state index in [4.69, 9.17) is 0 Å². The number of rotatable bonds is 7. The number of fused-ring (bicyclic) bond motifs is 2. The molecule has 9 nitrogen and oxygen atoms in total. The number of nitrogens with zero attached hydrogens (tertiary/aromatic N) is 1. The third kappa shape index (κ3) is 4.77. The van der Waals surface area contributed by atoms with E-state index in [1.54, 1.807) is 6.07 Å². The maximum atomic E-state index is 13.0. The number of carbonyl (C=O) groups excluding carboxylic acids is 3. The van der Waals surface area contributed by atoms with Crippen molar-refractivity contribution >= 4 is 34.8 Å². The number of imide groups is 3. The molecule has 4 rings (SSSR count). The summed E-state index contributed by atoms with van der Waals surface area (Å²) in [6.45, 7) is 0.947. The maximum Gasteiger partial charge on any atom is 0.423 e. The summed E-state index contributed by atoms with van der Waals surface area (Å²) in [6, 6.07) is 11.0. The summed E-state index contributed by atoms with van der Waals surface area (Å²) in [4.78, 5) is 38.3. The number of hydrogen-bond donors (Lipinski definition) is 4. The number of amides is 3. The van der Waals surface area contributed by atoms with Crippen LogP contribution in [0.25, 0.3) is 16.8 Å². The monoisotopic (exact) mass is 509 g/mol. The fourth-order valence-electron chi connectivity index (χ4n) is 5.67. The van der Waals surface area contributed by atoms with Crippen molar-refractivity contribution in [3.05, 3.63) is 58.7 Å². The first-order chi connectivity index (χ1) is 17.7. The Balaban J connectivity index is 1.56. The number of allylic oxidation sites excluding steroid dienone is 1. The van der Waals surface area contributed by atoms with Gasteiger partial charge in [0.15, 0.2) is 0 Å². The highest BCUT2D eigenvalue weighted by atomic mass is 16.5. The minimum absolute atomic E-state index is 0.0104. The number of hydrogen-bond acceptors (Lipinski definition) is 8. The van der Waals surface area contributed by atoms with Crippen LogP contribution in [0, 0.1) is 17.8 Å². The van der Waals surface area contributed by atoms with Crippen LogP contribution in [0.2, 0.25) is 0 Å². The Morgan fingerprint density at radius 1 is 1.14 bits per heavy atom. The zero-order valence-electron chi connectivity index (χ0n) is 20.8. The molecule has 9 heteroatoms. The molecule has 4 N–H and O–H groups in total. The van der Waals surface area contributed by atoms with Gasteiger partial charge < -0.3 is 25.2 Å². The predicted molar refractivity (Wildman–Crippen MR) is 135 cm³/mol. The van der Waals surface area contributed by atoms with Gasteiger partial charge in [-0.2, -0.15) is 4.90 Å². The summed E-state index contributed by atoms with van der Waals surface area (Å²) in [5.74, 6) is -4.13. The fourth-order valence-corrected chi connectivity index (χ4v) is 5.67. The average molecular weight is 510 g/mol. The summed E-state index contributed by atoms with van der Waals surface area (Å²) in [6.07, 6.45) is 0.562. The standard InChI is InChI=1S/C28H31NO8/c1-15(11-16-8-10-22(32)19-6-4-3-5-18(16)19)7-9-23(33)24-17(13-30)12-20-25(21(24)14-31)27(35)29(26(20)34)28(36)37-2/h3-6,8,10-11,20-21,23,25,30-33H,7,9,12-14H2,1-2H3/b15-11+/t20-,21+,23-,25-/m1/s1. The SMILES string of the molecule is COC(=O)N1C(=O)[C@@H]2[C@@H](CC(CO)=C([C@H](O)CC/C(C)=C/c3ccc(O)c4ccccc34)[C@@H]2CO)C1=O. The lowest BCUT2D eigenvalue weighted by Gasteiger charge is -2.36. The van der Waals surface area contributed by atoms with Crippen LogP contribution in [-0.4, -0.2) is 69.7 Å². The lowest BCUT2D eigenvalue weighted by Crippen LogP contribution is -2.40. The highest BCUT2D eigenvalue weighted by Crippen LogP contribution is 2.46. The van der Waals surface area contributed by atoms with E-state index >= 15 is 0 Å². The van der Waals surface area contributed by atoms with Crippen molar-refractivity contribution in [2.45, 2.75) is 32.3 Å². The quantitative estimate of drug-likeness (QED) is 0.329. The highest BCUT2D eigenvalue weighted by Gasteiger charge is 2.57. The number of phenolic OH excluding ortho intramolecular Hbond substituents is 1. The van der Waals surface area contributed by atoms with Crippen LogP contribution in [-0.2, 0) is 14.3 Å². The van der Waals surface area contributed by atoms with Crippen LogP contribution in [0.3, 0.4) is 0 Å². The molecule has 2 aliphatic rings. The number of aromatic hydroxyl groups is 1. The van der Waals surface area contributed by atoms with Crippen LogP contribution in [0.1, 0.15) is 31.7 Å². The summed E-state index contributed by atoms with van der Waals surface area (Å²) in [5, 5.41) is 43.1. The normalized spacial score (nSPS) is 23.0. The molecule has 0 bridgehead atoms. The summed E-state index contributed by atoms with van der Waals surface area (Å²) in [5.41, 5.74) is 2.62. The van der Waals surface area contributed by atoms with Gasteiger partial charge in [-0.1, -0.05) is 42.0 Å². The molecule has 0 aromatic heterocycles. The number of methoxy groups -OCH3 is 1. The zero-order valence-corrected chi connectivity index (χ0v) is 20.8. The molecule has 0 unspecified atom stereocenters. The van der Waals surface area contributed by atoms with E-state index in [1.165, 1.54) is 0 Å². The van der Waals surface area contributed by atoms with Crippen molar-refractivity contribution in [2.24, 2.45) is 17.8 Å². The Morgan fingerprint density at radius 3 is 2.49 bits per heavy atom. The minimum atomic E-state index is -1.09. The number of likely N-dealkylation sites (tertiary alicyclic amines) is 1. The molecule has 37 heavy (non-hydrogen) atoms. The van der Waals surface area contributed by atoms with E-state index in [-0.39, 0.29) is 18.6 Å². The molecule has 0 radical (unpaired) electrons. The summed E-state index contributed by atoms with van der Waals surface area (Å²) < 4.78 is 4.57. The topological polar surface area (TPSA) is 145 Å². The number of ether oxygens (including phenoxy) is 1. The summed E-state index contributed by atoms with van der Waals surface area (Å²) >= 11 is 0. The smallest absolute Gasteiger partial charge is 0.423 e. The molecule has 0 spiro atoms. The second-order valence-electron chi connectivity index (χ2n) is 9.59. The third-order valence-corrected chi connectivity index (χ3v) is 7.44. The Labute approximate surface area is 214 Å². The van der Waals surface area contributed by atoms with E-state index in [9.17, 15) is 34.8 Å². The molecule has 1 fully saturated rings. The van der Waals surface area contributed by atoms with Crippen molar-refractivity contribution in [3.63, 3.8) is 0 Å². The van der Waals surface area contributed by atoms with Crippen LogP contribution < -0.4 is 0 Å². The first-order valence-electron chi connectivity index (χ1n) is 12.2. The van der Waals surface area contributed by atoms with E-state index in [2.05, 4.69) is 4.74 Å². The molecule has 1 aliphatic carbocycles. The molecule has 196 valence electrons. The molecular weight excluding hydrogens is 478 g/mol. The Kier molecular flexibility index (Phi) is 7.77. The van der Waals surface area contributed by atoms with E-state index in [0.29, 0.717) is 22.5 Å². The molecule has 2 aromatic rings. The minimum Gasteiger partial charge on any atom is -0.507 e. The molecule has 3 amide bonds. The van der Waals surface area contributed by atoms with E-state index in [1.807, 2.05) is 43.3 Å². The van der Waals surface area contributed by atoms with Crippen LogP contribution in [0.15, 0.2) is 53.1 Å². The van der Waals surface area contributed by atoms with E-state index in [0.717, 1.165) is 29.0 Å². The predicted octanol–water partition coefficient (Wildman–Crippen LogP) is 2.76. The maximum absolute atomic E-state index is 13.0. The van der Waals surface area contributed by atoms with Crippen LogP contribution >= 0.6 is 0 Å². The molecule has 1 aliphatic heterocycles. The number of benzene rings is 2. The second-order valence-corrected chi connectivity index (χ2v) is 9.59. The van der Waals surface area contributed by atoms with Gasteiger partial charge in [0.25, 0.3) is 0 Å². The second kappa shape index (κ2) is 10.8. The molecule has 4 atom stereocenters. The van der Waals surface area contributed by atoms with Gasteiger partial charge in [0, 0.05) is 11.3 Å². The van der Waals surface area contributed by atoms with Crippen molar-refractivity contribution in [3.8, 4) is 5.75 Å².